The Balaban J connectivity index is 2.99. The van der Waals surface area contributed by atoms with Gasteiger partial charge in [-0.05, 0) is 12.1 Å². The summed E-state index contributed by atoms with van der Waals surface area (Å²) in [6, 6.07) is 7.42. The van der Waals surface area contributed by atoms with Crippen LogP contribution < -0.4 is 5.73 Å². The summed E-state index contributed by atoms with van der Waals surface area (Å²) in [7, 11) is 0. The number of nitriles is 2. The Morgan fingerprint density at radius 3 is 2.43 bits per heavy atom. The number of fused-ring (bicyclic) bond motifs is 1. The molecule has 1 heterocycles. The lowest BCUT2D eigenvalue weighted by Gasteiger charge is -1.96. The van der Waals surface area contributed by atoms with Crippen LogP contribution in [0, 0.1) is 22.7 Å². The minimum absolute atomic E-state index is 0.526. The van der Waals surface area contributed by atoms with E-state index >= 15 is 0 Å². The van der Waals surface area contributed by atoms with Crippen LogP contribution in [0.15, 0.2) is 17.5 Å². The number of thiophene rings is 1. The maximum absolute atomic E-state index is 8.86. The number of hydrogen-bond acceptors (Lipinski definition) is 4. The van der Waals surface area contributed by atoms with Crippen LogP contribution >= 0.6 is 11.3 Å². The van der Waals surface area contributed by atoms with Crippen molar-refractivity contribution >= 4 is 27.1 Å². The van der Waals surface area contributed by atoms with Gasteiger partial charge in [0, 0.05) is 10.8 Å². The first kappa shape index (κ1) is 8.55. The summed E-state index contributed by atoms with van der Waals surface area (Å²) < 4.78 is 0.795. The second-order valence-electron chi connectivity index (χ2n) is 2.78. The van der Waals surface area contributed by atoms with E-state index in [4.69, 9.17) is 16.3 Å². The van der Waals surface area contributed by atoms with Gasteiger partial charge in [-0.25, -0.2) is 0 Å². The molecule has 3 nitrogen and oxygen atoms in total. The summed E-state index contributed by atoms with van der Waals surface area (Å²) in [5.74, 6) is 0. The van der Waals surface area contributed by atoms with Crippen molar-refractivity contribution in [3.8, 4) is 12.1 Å². The van der Waals surface area contributed by atoms with Gasteiger partial charge in [-0.15, -0.1) is 11.3 Å². The second kappa shape index (κ2) is 3.02. The molecule has 0 aliphatic carbocycles. The Hall–Kier alpha value is -2.04. The molecule has 1 aromatic carbocycles. The Morgan fingerprint density at radius 2 is 1.79 bits per heavy atom. The van der Waals surface area contributed by atoms with Gasteiger partial charge in [0.2, 0.25) is 0 Å². The highest BCUT2D eigenvalue weighted by Gasteiger charge is 2.10. The maximum atomic E-state index is 8.86. The van der Waals surface area contributed by atoms with Crippen molar-refractivity contribution in [1.82, 2.24) is 0 Å². The zero-order valence-electron chi connectivity index (χ0n) is 7.11. The van der Waals surface area contributed by atoms with Crippen molar-refractivity contribution in [1.29, 1.82) is 10.5 Å². The van der Waals surface area contributed by atoms with E-state index in [1.54, 1.807) is 17.5 Å². The fraction of sp³-hybridized carbons (Fsp3) is 0. The molecule has 0 atom stereocenters. The van der Waals surface area contributed by atoms with Gasteiger partial charge in [0.25, 0.3) is 0 Å². The van der Waals surface area contributed by atoms with Gasteiger partial charge >= 0.3 is 0 Å². The molecule has 0 bridgehead atoms. The first-order valence-corrected chi connectivity index (χ1v) is 4.75. The quantitative estimate of drug-likeness (QED) is 0.707. The van der Waals surface area contributed by atoms with E-state index in [1.165, 1.54) is 11.3 Å². The molecule has 0 unspecified atom stereocenters. The van der Waals surface area contributed by atoms with Crippen LogP contribution in [-0.4, -0.2) is 0 Å². The van der Waals surface area contributed by atoms with Crippen LogP contribution in [0.5, 0.6) is 0 Å². The van der Waals surface area contributed by atoms with Crippen LogP contribution in [0.4, 0.5) is 5.69 Å². The van der Waals surface area contributed by atoms with E-state index in [9.17, 15) is 0 Å². The van der Waals surface area contributed by atoms with Crippen LogP contribution in [-0.2, 0) is 0 Å². The fourth-order valence-corrected chi connectivity index (χ4v) is 2.30. The van der Waals surface area contributed by atoms with Gasteiger partial charge in [-0.1, -0.05) is 0 Å². The molecule has 0 saturated heterocycles. The van der Waals surface area contributed by atoms with Crippen molar-refractivity contribution < 1.29 is 0 Å². The molecule has 0 saturated carbocycles. The Bertz CT molecular complexity index is 584. The molecule has 0 aliphatic rings. The highest BCUT2D eigenvalue weighted by atomic mass is 32.1. The molecule has 2 N–H and O–H groups in total. The van der Waals surface area contributed by atoms with Gasteiger partial charge < -0.3 is 5.73 Å². The fourth-order valence-electron chi connectivity index (χ4n) is 1.35. The molecule has 0 amide bonds. The van der Waals surface area contributed by atoms with Crippen LogP contribution in [0.3, 0.4) is 0 Å². The first-order chi connectivity index (χ1) is 6.77. The number of hydrogen-bond donors (Lipinski definition) is 1. The molecule has 66 valence electrons. The van der Waals surface area contributed by atoms with Crippen molar-refractivity contribution in [3.05, 3.63) is 28.6 Å². The van der Waals surface area contributed by atoms with Gasteiger partial charge in [-0.2, -0.15) is 10.5 Å². The predicted molar refractivity (Wildman–Crippen MR) is 55.7 cm³/mol. The van der Waals surface area contributed by atoms with Crippen LogP contribution in [0.2, 0.25) is 0 Å². The van der Waals surface area contributed by atoms with Crippen molar-refractivity contribution in [2.24, 2.45) is 0 Å². The minimum Gasteiger partial charge on any atom is -0.398 e. The highest BCUT2D eigenvalue weighted by Crippen LogP contribution is 2.33. The van der Waals surface area contributed by atoms with Crippen molar-refractivity contribution in [3.63, 3.8) is 0 Å². The van der Waals surface area contributed by atoms with Gasteiger partial charge in [0.05, 0.1) is 27.6 Å². The largest absolute Gasteiger partial charge is 0.398 e. The summed E-state index contributed by atoms with van der Waals surface area (Å²) in [5.41, 5.74) is 7.39. The monoisotopic (exact) mass is 199 g/mol. The van der Waals surface area contributed by atoms with E-state index in [0.717, 1.165) is 4.70 Å². The summed E-state index contributed by atoms with van der Waals surface area (Å²) in [6.45, 7) is 0. The third kappa shape index (κ3) is 1.02. The minimum atomic E-state index is 0.526. The smallest absolute Gasteiger partial charge is 0.101 e. The summed E-state index contributed by atoms with van der Waals surface area (Å²) in [4.78, 5) is 0. The predicted octanol–water partition coefficient (Wildman–Crippen LogP) is 2.23. The number of nitrogens with two attached hydrogens (primary N) is 1. The van der Waals surface area contributed by atoms with E-state index in [1.807, 2.05) is 0 Å². The molecular formula is C10H5N3S. The highest BCUT2D eigenvalue weighted by molar-refractivity contribution is 7.18. The van der Waals surface area contributed by atoms with Crippen molar-refractivity contribution in [2.45, 2.75) is 0 Å². The van der Waals surface area contributed by atoms with E-state index < -0.39 is 0 Å². The number of nitrogens with zero attached hydrogens (tertiary/aromatic N) is 2. The number of anilines is 1. The normalized spacial score (nSPS) is 9.57. The molecular weight excluding hydrogens is 194 g/mol. The third-order valence-corrected chi connectivity index (χ3v) is 3.02. The first-order valence-electron chi connectivity index (χ1n) is 3.88. The SMILES string of the molecule is N#Cc1ccc(C#N)c2c(N)csc12. The Kier molecular flexibility index (Phi) is 1.85. The average Bonchev–Trinajstić information content (AvgIpc) is 2.60. The Labute approximate surface area is 84.6 Å². The topological polar surface area (TPSA) is 73.6 Å². The molecule has 1 aromatic heterocycles. The molecule has 14 heavy (non-hydrogen) atoms. The molecule has 0 radical (unpaired) electrons. The molecule has 0 spiro atoms. The van der Waals surface area contributed by atoms with Gasteiger partial charge in [-0.3, -0.25) is 0 Å². The van der Waals surface area contributed by atoms with Crippen molar-refractivity contribution in [2.75, 3.05) is 5.73 Å². The Morgan fingerprint density at radius 1 is 1.14 bits per heavy atom. The van der Waals surface area contributed by atoms with Gasteiger partial charge in [0.15, 0.2) is 0 Å². The summed E-state index contributed by atoms with van der Waals surface area (Å²) in [6.07, 6.45) is 0. The summed E-state index contributed by atoms with van der Waals surface area (Å²) in [5, 5.41) is 20.2. The van der Waals surface area contributed by atoms with Gasteiger partial charge in [0.1, 0.15) is 6.07 Å². The third-order valence-electron chi connectivity index (χ3n) is 1.99. The second-order valence-corrected chi connectivity index (χ2v) is 3.66. The summed E-state index contributed by atoms with van der Waals surface area (Å²) >= 11 is 1.40. The zero-order chi connectivity index (χ0) is 10.1. The van der Waals surface area contributed by atoms with E-state index in [2.05, 4.69) is 12.1 Å². The molecule has 4 heteroatoms. The molecule has 0 aliphatic heterocycles. The number of nitrogen functional groups attached to an aromatic ring is 1. The lowest BCUT2D eigenvalue weighted by Crippen LogP contribution is -1.85. The zero-order valence-corrected chi connectivity index (χ0v) is 7.93. The van der Waals surface area contributed by atoms with E-state index in [-0.39, 0.29) is 0 Å². The lowest BCUT2D eigenvalue weighted by molar-refractivity contribution is 1.49. The van der Waals surface area contributed by atoms with E-state index in [0.29, 0.717) is 22.2 Å². The molecule has 2 aromatic rings. The average molecular weight is 199 g/mol. The standard InChI is InChI=1S/C10H5N3S/c11-3-6-1-2-7(4-12)10-9(6)8(13)5-14-10/h1-2,5H,13H2. The molecule has 2 rings (SSSR count). The van der Waals surface area contributed by atoms with Crippen LogP contribution in [0.25, 0.3) is 10.1 Å². The lowest BCUT2D eigenvalue weighted by atomic mass is 10.1. The molecule has 0 fully saturated rings. The number of rotatable bonds is 0. The van der Waals surface area contributed by atoms with Crippen LogP contribution in [0.1, 0.15) is 11.1 Å². The number of benzene rings is 1. The maximum Gasteiger partial charge on any atom is 0.101 e.